The maximum atomic E-state index is 11.5. The average molecular weight is 292 g/mol. The minimum atomic E-state index is -0.455. The highest BCUT2D eigenvalue weighted by Crippen LogP contribution is 2.17. The Labute approximate surface area is 125 Å². The van der Waals surface area contributed by atoms with Crippen molar-refractivity contribution in [3.8, 4) is 0 Å². The number of carbonyl (C=O) groups excluding carboxylic acids is 1. The number of carbonyl (C=O) groups is 1. The van der Waals surface area contributed by atoms with Crippen molar-refractivity contribution < 1.29 is 9.53 Å². The number of pyridine rings is 1. The molecule has 6 nitrogen and oxygen atoms in total. The van der Waals surface area contributed by atoms with E-state index in [2.05, 4.69) is 26.9 Å². The molecule has 1 aromatic rings. The molecule has 1 saturated heterocycles. The molecule has 6 heteroatoms. The molecule has 2 heterocycles. The van der Waals surface area contributed by atoms with E-state index in [1.54, 1.807) is 12.1 Å². The van der Waals surface area contributed by atoms with Crippen LogP contribution in [0.3, 0.4) is 0 Å². The molecule has 1 atom stereocenters. The molecule has 21 heavy (non-hydrogen) atoms. The maximum absolute atomic E-state index is 11.5. The molecule has 0 radical (unpaired) electrons. The molecule has 1 aromatic heterocycles. The van der Waals surface area contributed by atoms with Crippen molar-refractivity contribution in [1.29, 1.82) is 0 Å². The fraction of sp³-hybridized carbons (Fsp3) is 0.600. The largest absolute Gasteiger partial charge is 0.464 e. The summed E-state index contributed by atoms with van der Waals surface area (Å²) in [6, 6.07) is 3.24. The topological polar surface area (TPSA) is 80.5 Å². The van der Waals surface area contributed by atoms with Gasteiger partial charge in [-0.3, -0.25) is 0 Å². The minimum absolute atomic E-state index is 0.265. The van der Waals surface area contributed by atoms with Crippen molar-refractivity contribution >= 4 is 17.5 Å². The van der Waals surface area contributed by atoms with Gasteiger partial charge < -0.3 is 20.7 Å². The van der Waals surface area contributed by atoms with Gasteiger partial charge in [-0.05, 0) is 44.0 Å². The zero-order valence-electron chi connectivity index (χ0n) is 12.8. The van der Waals surface area contributed by atoms with Crippen LogP contribution >= 0.6 is 0 Å². The molecule has 1 aliphatic rings. The first-order valence-corrected chi connectivity index (χ1v) is 7.41. The standard InChI is InChI=1S/C15H24N4O2/c1-11(10-19-7-3-4-8-19)9-17-14-12(16)5-6-13(18-14)15(20)21-2/h5-6,11H,3-4,7-10,16H2,1-2H3,(H,17,18). The molecule has 0 bridgehead atoms. The van der Waals surface area contributed by atoms with Gasteiger partial charge in [0.25, 0.3) is 0 Å². The summed E-state index contributed by atoms with van der Waals surface area (Å²) in [7, 11) is 1.34. The minimum Gasteiger partial charge on any atom is -0.464 e. The van der Waals surface area contributed by atoms with Gasteiger partial charge in [0, 0.05) is 13.1 Å². The number of rotatable bonds is 6. The first-order valence-electron chi connectivity index (χ1n) is 7.41. The summed E-state index contributed by atoms with van der Waals surface area (Å²) in [5.74, 6) is 0.584. The van der Waals surface area contributed by atoms with Crippen molar-refractivity contribution in [3.63, 3.8) is 0 Å². The number of hydrogen-bond donors (Lipinski definition) is 2. The summed E-state index contributed by atoms with van der Waals surface area (Å²) in [5, 5.41) is 3.24. The predicted molar refractivity (Wildman–Crippen MR) is 83.3 cm³/mol. The fourth-order valence-electron chi connectivity index (χ4n) is 2.57. The van der Waals surface area contributed by atoms with Crippen LogP contribution in [0, 0.1) is 5.92 Å². The van der Waals surface area contributed by atoms with Crippen molar-refractivity contribution in [2.24, 2.45) is 5.92 Å². The van der Waals surface area contributed by atoms with E-state index >= 15 is 0 Å². The molecule has 0 aromatic carbocycles. The molecular formula is C15H24N4O2. The second-order valence-electron chi connectivity index (χ2n) is 5.62. The first kappa shape index (κ1) is 15.6. The number of hydrogen-bond acceptors (Lipinski definition) is 6. The van der Waals surface area contributed by atoms with E-state index in [1.165, 1.54) is 33.0 Å². The number of anilines is 2. The second-order valence-corrected chi connectivity index (χ2v) is 5.62. The third kappa shape index (κ3) is 4.32. The van der Waals surface area contributed by atoms with Gasteiger partial charge in [0.05, 0.1) is 12.8 Å². The van der Waals surface area contributed by atoms with Gasteiger partial charge in [0.15, 0.2) is 5.69 Å². The first-order chi connectivity index (χ1) is 10.1. The van der Waals surface area contributed by atoms with E-state index in [-0.39, 0.29) is 5.69 Å². The summed E-state index contributed by atoms with van der Waals surface area (Å²) in [4.78, 5) is 18.2. The van der Waals surface area contributed by atoms with Gasteiger partial charge >= 0.3 is 5.97 Å². The van der Waals surface area contributed by atoms with Crippen LogP contribution in [0.4, 0.5) is 11.5 Å². The highest BCUT2D eigenvalue weighted by atomic mass is 16.5. The summed E-state index contributed by atoms with van der Waals surface area (Å²) in [6.45, 7) is 6.44. The number of likely N-dealkylation sites (tertiary alicyclic amines) is 1. The van der Waals surface area contributed by atoms with E-state index < -0.39 is 5.97 Å². The third-order valence-electron chi connectivity index (χ3n) is 3.71. The Balaban J connectivity index is 1.90. The zero-order valence-corrected chi connectivity index (χ0v) is 12.8. The zero-order chi connectivity index (χ0) is 15.2. The van der Waals surface area contributed by atoms with E-state index in [9.17, 15) is 4.79 Å². The molecule has 0 spiro atoms. The molecule has 0 saturated carbocycles. The van der Waals surface area contributed by atoms with Crippen LogP contribution in [0.15, 0.2) is 12.1 Å². The van der Waals surface area contributed by atoms with Gasteiger partial charge in [-0.1, -0.05) is 6.92 Å². The number of esters is 1. The van der Waals surface area contributed by atoms with Crippen LogP contribution in [0.5, 0.6) is 0 Å². The van der Waals surface area contributed by atoms with Crippen molar-refractivity contribution in [2.45, 2.75) is 19.8 Å². The highest BCUT2D eigenvalue weighted by molar-refractivity contribution is 5.88. The molecule has 116 valence electrons. The summed E-state index contributed by atoms with van der Waals surface area (Å²) < 4.78 is 4.67. The van der Waals surface area contributed by atoms with Crippen molar-refractivity contribution in [2.75, 3.05) is 44.3 Å². The smallest absolute Gasteiger partial charge is 0.356 e. The normalized spacial score (nSPS) is 16.7. The van der Waals surface area contributed by atoms with Gasteiger partial charge in [0.2, 0.25) is 0 Å². The molecular weight excluding hydrogens is 268 g/mol. The van der Waals surface area contributed by atoms with E-state index in [0.29, 0.717) is 17.4 Å². The monoisotopic (exact) mass is 292 g/mol. The van der Waals surface area contributed by atoms with Gasteiger partial charge in [-0.15, -0.1) is 0 Å². The number of nitrogen functional groups attached to an aromatic ring is 1. The summed E-state index contributed by atoms with van der Waals surface area (Å²) >= 11 is 0. The van der Waals surface area contributed by atoms with Crippen LogP contribution in [0.25, 0.3) is 0 Å². The number of nitrogens with zero attached hydrogens (tertiary/aromatic N) is 2. The van der Waals surface area contributed by atoms with E-state index in [4.69, 9.17) is 5.73 Å². The lowest BCUT2D eigenvalue weighted by atomic mass is 10.1. The Morgan fingerprint density at radius 1 is 1.48 bits per heavy atom. The van der Waals surface area contributed by atoms with Gasteiger partial charge in [-0.2, -0.15) is 0 Å². The van der Waals surface area contributed by atoms with Crippen LogP contribution in [0.1, 0.15) is 30.3 Å². The third-order valence-corrected chi connectivity index (χ3v) is 3.71. The Hall–Kier alpha value is -1.82. The van der Waals surface area contributed by atoms with Crippen LogP contribution < -0.4 is 11.1 Å². The Bertz CT molecular complexity index is 487. The van der Waals surface area contributed by atoms with E-state index in [1.807, 2.05) is 0 Å². The van der Waals surface area contributed by atoms with Crippen molar-refractivity contribution in [1.82, 2.24) is 9.88 Å². The summed E-state index contributed by atoms with van der Waals surface area (Å²) in [5.41, 5.74) is 6.70. The SMILES string of the molecule is COC(=O)c1ccc(N)c(NCC(C)CN2CCCC2)n1. The lowest BCUT2D eigenvalue weighted by Crippen LogP contribution is -2.29. The average Bonchev–Trinajstić information content (AvgIpc) is 2.98. The number of ether oxygens (including phenoxy) is 1. The van der Waals surface area contributed by atoms with Crippen molar-refractivity contribution in [3.05, 3.63) is 17.8 Å². The highest BCUT2D eigenvalue weighted by Gasteiger charge is 2.15. The number of nitrogens with two attached hydrogens (primary N) is 1. The van der Waals surface area contributed by atoms with Crippen LogP contribution in [-0.4, -0.2) is 49.1 Å². The predicted octanol–water partition coefficient (Wildman–Crippen LogP) is 1.59. The Morgan fingerprint density at radius 2 is 2.19 bits per heavy atom. The molecule has 0 aliphatic carbocycles. The lowest BCUT2D eigenvalue weighted by Gasteiger charge is -2.21. The quantitative estimate of drug-likeness (QED) is 0.775. The van der Waals surface area contributed by atoms with E-state index in [0.717, 1.165) is 13.1 Å². The van der Waals surface area contributed by atoms with Gasteiger partial charge in [0.1, 0.15) is 5.82 Å². The molecule has 2 rings (SSSR count). The van der Waals surface area contributed by atoms with Crippen LogP contribution in [0.2, 0.25) is 0 Å². The number of nitrogens with one attached hydrogen (secondary N) is 1. The molecule has 0 amide bonds. The molecule has 1 unspecified atom stereocenters. The maximum Gasteiger partial charge on any atom is 0.356 e. The molecule has 3 N–H and O–H groups in total. The second kappa shape index (κ2) is 7.26. The number of methoxy groups -OCH3 is 1. The molecule has 1 fully saturated rings. The fourth-order valence-corrected chi connectivity index (χ4v) is 2.57. The van der Waals surface area contributed by atoms with Gasteiger partial charge in [-0.25, -0.2) is 9.78 Å². The Morgan fingerprint density at radius 3 is 2.86 bits per heavy atom. The molecule has 1 aliphatic heterocycles. The van der Waals surface area contributed by atoms with Crippen LogP contribution in [-0.2, 0) is 4.74 Å². The Kier molecular flexibility index (Phi) is 5.38. The lowest BCUT2D eigenvalue weighted by molar-refractivity contribution is 0.0594. The summed E-state index contributed by atoms with van der Waals surface area (Å²) in [6.07, 6.45) is 2.60. The number of aromatic nitrogens is 1.